The molecule has 30 heavy (non-hydrogen) atoms. The number of aromatic nitrogens is 5. The molecule has 9 nitrogen and oxygen atoms in total. The van der Waals surface area contributed by atoms with Crippen molar-refractivity contribution >= 4 is 28.7 Å². The van der Waals surface area contributed by atoms with Crippen molar-refractivity contribution in [2.45, 2.75) is 13.0 Å². The number of aromatic amines is 1. The number of amides is 1. The van der Waals surface area contributed by atoms with E-state index < -0.39 is 5.91 Å². The van der Waals surface area contributed by atoms with Gasteiger partial charge in [0.05, 0.1) is 11.9 Å². The summed E-state index contributed by atoms with van der Waals surface area (Å²) < 4.78 is 1.91. The van der Waals surface area contributed by atoms with Gasteiger partial charge in [-0.1, -0.05) is 12.1 Å². The van der Waals surface area contributed by atoms with E-state index in [4.69, 9.17) is 5.21 Å². The molecule has 1 aromatic carbocycles. The first-order valence-corrected chi connectivity index (χ1v) is 9.50. The van der Waals surface area contributed by atoms with Crippen molar-refractivity contribution in [2.24, 2.45) is 0 Å². The summed E-state index contributed by atoms with van der Waals surface area (Å²) in [5.41, 5.74) is 6.08. The van der Waals surface area contributed by atoms with Gasteiger partial charge >= 0.3 is 0 Å². The molecule has 1 amide bonds. The van der Waals surface area contributed by atoms with E-state index in [1.807, 2.05) is 53.6 Å². The Morgan fingerprint density at radius 2 is 2.07 bits per heavy atom. The zero-order valence-corrected chi connectivity index (χ0v) is 16.1. The Balaban J connectivity index is 1.28. The summed E-state index contributed by atoms with van der Waals surface area (Å²) in [6.07, 6.45) is 11.0. The highest BCUT2D eigenvalue weighted by Gasteiger charge is 2.09. The minimum atomic E-state index is -0.559. The first-order chi connectivity index (χ1) is 14.7. The number of H-pyrrole nitrogens is 1. The third kappa shape index (κ3) is 4.53. The van der Waals surface area contributed by atoms with E-state index in [9.17, 15) is 4.79 Å². The van der Waals surface area contributed by atoms with Crippen molar-refractivity contribution in [3.63, 3.8) is 0 Å². The third-order valence-electron chi connectivity index (χ3n) is 4.60. The lowest BCUT2D eigenvalue weighted by Gasteiger charge is -2.07. The molecule has 0 spiro atoms. The lowest BCUT2D eigenvalue weighted by atomic mass is 10.2. The van der Waals surface area contributed by atoms with Gasteiger partial charge in [0.2, 0.25) is 0 Å². The predicted molar refractivity (Wildman–Crippen MR) is 114 cm³/mol. The fourth-order valence-electron chi connectivity index (χ4n) is 3.11. The maximum atomic E-state index is 11.0. The normalized spacial score (nSPS) is 11.2. The number of carbonyl (C=O) groups excluding carboxylic acids is 1. The number of aryl methyl sites for hydroxylation is 1. The molecule has 0 saturated carbocycles. The van der Waals surface area contributed by atoms with Crippen LogP contribution in [0.25, 0.3) is 28.4 Å². The standard InChI is InChI=1S/C21H21N7O2/c29-19(27-30)7-4-15-2-5-17(6-3-15)22-9-1-11-28-13-16(12-26-28)20-18-8-10-23-21(18)25-14-24-20/h2-8,10,12-14,22,30H,1,9,11H2,(H,27,29)(H,23,24,25)/b7-4+. The number of anilines is 1. The Bertz CT molecular complexity index is 1160. The van der Waals surface area contributed by atoms with Crippen LogP contribution in [-0.2, 0) is 11.3 Å². The van der Waals surface area contributed by atoms with Gasteiger partial charge in [-0.2, -0.15) is 5.10 Å². The molecule has 4 rings (SSSR count). The van der Waals surface area contributed by atoms with Gasteiger partial charge in [-0.15, -0.1) is 0 Å². The molecule has 152 valence electrons. The molecule has 0 radical (unpaired) electrons. The fourth-order valence-corrected chi connectivity index (χ4v) is 3.11. The highest BCUT2D eigenvalue weighted by Crippen LogP contribution is 2.24. The van der Waals surface area contributed by atoms with E-state index in [2.05, 4.69) is 25.4 Å². The van der Waals surface area contributed by atoms with Gasteiger partial charge in [0.15, 0.2) is 0 Å². The number of hydrogen-bond acceptors (Lipinski definition) is 6. The largest absolute Gasteiger partial charge is 0.385 e. The Hall–Kier alpha value is -3.98. The molecule has 0 fully saturated rings. The van der Waals surface area contributed by atoms with Crippen LogP contribution >= 0.6 is 0 Å². The molecule has 0 aliphatic rings. The van der Waals surface area contributed by atoms with E-state index in [0.29, 0.717) is 0 Å². The van der Waals surface area contributed by atoms with Gasteiger partial charge in [-0.3, -0.25) is 14.7 Å². The molecular formula is C21H21N7O2. The molecule has 0 unspecified atom stereocenters. The molecule has 0 atom stereocenters. The van der Waals surface area contributed by atoms with Gasteiger partial charge in [-0.05, 0) is 36.3 Å². The second-order valence-corrected chi connectivity index (χ2v) is 6.67. The highest BCUT2D eigenvalue weighted by atomic mass is 16.5. The number of rotatable bonds is 8. The molecule has 3 heterocycles. The average molecular weight is 403 g/mol. The van der Waals surface area contributed by atoms with Gasteiger partial charge in [0.1, 0.15) is 12.0 Å². The number of nitrogens with one attached hydrogen (secondary N) is 3. The maximum absolute atomic E-state index is 11.0. The maximum Gasteiger partial charge on any atom is 0.267 e. The van der Waals surface area contributed by atoms with Crippen LogP contribution in [0.1, 0.15) is 12.0 Å². The Labute approximate surface area is 172 Å². The van der Waals surface area contributed by atoms with E-state index in [1.165, 1.54) is 6.08 Å². The SMILES string of the molecule is O=C(/C=C/c1ccc(NCCCn2cc(-c3ncnc4[nH]ccc34)cn2)cc1)NO. The van der Waals surface area contributed by atoms with Crippen molar-refractivity contribution in [2.75, 3.05) is 11.9 Å². The summed E-state index contributed by atoms with van der Waals surface area (Å²) in [6, 6.07) is 9.65. The van der Waals surface area contributed by atoms with Crippen molar-refractivity contribution < 1.29 is 10.0 Å². The molecule has 0 bridgehead atoms. The molecule has 3 aromatic heterocycles. The highest BCUT2D eigenvalue weighted by molar-refractivity contribution is 5.91. The molecule has 0 aliphatic carbocycles. The van der Waals surface area contributed by atoms with E-state index in [1.54, 1.807) is 17.9 Å². The van der Waals surface area contributed by atoms with E-state index in [-0.39, 0.29) is 0 Å². The number of carbonyl (C=O) groups is 1. The minimum Gasteiger partial charge on any atom is -0.385 e. The number of hydrogen-bond donors (Lipinski definition) is 4. The van der Waals surface area contributed by atoms with Crippen molar-refractivity contribution in [1.82, 2.24) is 30.2 Å². The lowest BCUT2D eigenvalue weighted by Crippen LogP contribution is -2.14. The predicted octanol–water partition coefficient (Wildman–Crippen LogP) is 2.84. The smallest absolute Gasteiger partial charge is 0.267 e. The minimum absolute atomic E-state index is 0.559. The summed E-state index contributed by atoms with van der Waals surface area (Å²) in [4.78, 5) is 22.7. The van der Waals surface area contributed by atoms with Gasteiger partial charge in [-0.25, -0.2) is 15.4 Å². The monoisotopic (exact) mass is 403 g/mol. The van der Waals surface area contributed by atoms with Crippen LogP contribution in [0.4, 0.5) is 5.69 Å². The molecule has 4 aromatic rings. The fraction of sp³-hybridized carbons (Fsp3) is 0.143. The summed E-state index contributed by atoms with van der Waals surface area (Å²) in [6.45, 7) is 1.58. The quantitative estimate of drug-likeness (QED) is 0.155. The van der Waals surface area contributed by atoms with Crippen LogP contribution in [0.15, 0.2) is 61.3 Å². The molecular weight excluding hydrogens is 382 g/mol. The van der Waals surface area contributed by atoms with Crippen LogP contribution in [0, 0.1) is 0 Å². The first-order valence-electron chi connectivity index (χ1n) is 9.50. The number of nitrogens with zero attached hydrogens (tertiary/aromatic N) is 4. The van der Waals surface area contributed by atoms with Crippen LogP contribution in [0.3, 0.4) is 0 Å². The number of hydroxylamine groups is 1. The zero-order valence-electron chi connectivity index (χ0n) is 16.1. The Morgan fingerprint density at radius 1 is 1.20 bits per heavy atom. The lowest BCUT2D eigenvalue weighted by molar-refractivity contribution is -0.124. The topological polar surface area (TPSA) is 121 Å². The van der Waals surface area contributed by atoms with E-state index in [0.717, 1.165) is 53.1 Å². The van der Waals surface area contributed by atoms with Gasteiger partial charge < -0.3 is 10.3 Å². The van der Waals surface area contributed by atoms with E-state index >= 15 is 0 Å². The van der Waals surface area contributed by atoms with Crippen LogP contribution in [0.5, 0.6) is 0 Å². The zero-order chi connectivity index (χ0) is 20.8. The number of benzene rings is 1. The summed E-state index contributed by atoms with van der Waals surface area (Å²) in [5, 5.41) is 17.3. The van der Waals surface area contributed by atoms with Crippen LogP contribution in [-0.4, -0.2) is 42.4 Å². The van der Waals surface area contributed by atoms with Crippen molar-refractivity contribution in [3.05, 3.63) is 66.9 Å². The second kappa shape index (κ2) is 9.01. The summed E-state index contributed by atoms with van der Waals surface area (Å²) in [7, 11) is 0. The van der Waals surface area contributed by atoms with Crippen LogP contribution < -0.4 is 10.8 Å². The molecule has 0 saturated heterocycles. The number of fused-ring (bicyclic) bond motifs is 1. The summed E-state index contributed by atoms with van der Waals surface area (Å²) in [5.74, 6) is -0.559. The third-order valence-corrected chi connectivity index (χ3v) is 4.60. The van der Waals surface area contributed by atoms with Crippen LogP contribution in [0.2, 0.25) is 0 Å². The molecule has 9 heteroatoms. The molecule has 4 N–H and O–H groups in total. The average Bonchev–Trinajstić information content (AvgIpc) is 3.45. The summed E-state index contributed by atoms with van der Waals surface area (Å²) >= 11 is 0. The van der Waals surface area contributed by atoms with Crippen molar-refractivity contribution in [1.29, 1.82) is 0 Å². The molecule has 0 aliphatic heterocycles. The second-order valence-electron chi connectivity index (χ2n) is 6.67. The van der Waals surface area contributed by atoms with Crippen molar-refractivity contribution in [3.8, 4) is 11.3 Å². The van der Waals surface area contributed by atoms with Gasteiger partial charge in [0.25, 0.3) is 5.91 Å². The Kier molecular flexibility index (Phi) is 5.81. The Morgan fingerprint density at radius 3 is 2.90 bits per heavy atom. The van der Waals surface area contributed by atoms with Gasteiger partial charge in [0, 0.05) is 48.2 Å². The first kappa shape index (κ1) is 19.3.